The van der Waals surface area contributed by atoms with E-state index < -0.39 is 11.9 Å². The van der Waals surface area contributed by atoms with E-state index in [2.05, 4.69) is 0 Å². The summed E-state index contributed by atoms with van der Waals surface area (Å²) in [6.07, 6.45) is -0.326. The van der Waals surface area contributed by atoms with Crippen molar-refractivity contribution >= 4 is 11.9 Å². The third kappa shape index (κ3) is 4.62. The van der Waals surface area contributed by atoms with Gasteiger partial charge in [-0.15, -0.1) is 0 Å². The first-order chi connectivity index (χ1) is 13.6. The van der Waals surface area contributed by atoms with Gasteiger partial charge in [-0.05, 0) is 57.9 Å². The van der Waals surface area contributed by atoms with Crippen molar-refractivity contribution in [3.05, 3.63) is 46.0 Å². The van der Waals surface area contributed by atoms with Gasteiger partial charge in [0.1, 0.15) is 34.1 Å². The summed E-state index contributed by atoms with van der Waals surface area (Å²) >= 11 is 0. The van der Waals surface area contributed by atoms with E-state index in [4.69, 9.17) is 18.9 Å². The molecule has 7 nitrogen and oxygen atoms in total. The molecule has 0 aliphatic carbocycles. The fraction of sp³-hybridized carbons (Fsp3) is 0.364. The standard InChI is InChI=1S/C22H26O7/c1-11(2)28-21(24)18-12(3)8-15(10-16(18)23)29-22(25)19-13(4)9-17(26-6)14(5)20(19)27-7/h8-11,23H,1-7H3. The van der Waals surface area contributed by atoms with Crippen LogP contribution in [0, 0.1) is 20.8 Å². The highest BCUT2D eigenvalue weighted by Gasteiger charge is 2.24. The Hall–Kier alpha value is -3.22. The number of phenols is 1. The zero-order valence-corrected chi connectivity index (χ0v) is 17.7. The zero-order chi connectivity index (χ0) is 21.9. The van der Waals surface area contributed by atoms with E-state index in [1.165, 1.54) is 26.4 Å². The van der Waals surface area contributed by atoms with Gasteiger partial charge in [-0.3, -0.25) is 0 Å². The Labute approximate surface area is 170 Å². The van der Waals surface area contributed by atoms with Crippen molar-refractivity contribution in [2.45, 2.75) is 40.7 Å². The van der Waals surface area contributed by atoms with Crippen molar-refractivity contribution in [1.82, 2.24) is 0 Å². The van der Waals surface area contributed by atoms with Crippen LogP contribution in [-0.4, -0.2) is 37.4 Å². The number of hydrogen-bond donors (Lipinski definition) is 1. The number of esters is 2. The Kier molecular flexibility index (Phi) is 6.74. The molecule has 0 radical (unpaired) electrons. The molecular formula is C22H26O7. The molecule has 0 atom stereocenters. The Balaban J connectivity index is 2.40. The van der Waals surface area contributed by atoms with E-state index in [1.54, 1.807) is 40.7 Å². The second kappa shape index (κ2) is 8.86. The average molecular weight is 402 g/mol. The van der Waals surface area contributed by atoms with Crippen LogP contribution in [0.1, 0.15) is 51.3 Å². The maximum absolute atomic E-state index is 12.8. The highest BCUT2D eigenvalue weighted by atomic mass is 16.5. The summed E-state index contributed by atoms with van der Waals surface area (Å²) in [5.74, 6) is -0.575. The first-order valence-electron chi connectivity index (χ1n) is 9.09. The van der Waals surface area contributed by atoms with E-state index in [0.29, 0.717) is 28.2 Å². The Morgan fingerprint density at radius 2 is 1.52 bits per heavy atom. The van der Waals surface area contributed by atoms with Crippen LogP contribution in [0.25, 0.3) is 0 Å². The Morgan fingerprint density at radius 1 is 0.897 bits per heavy atom. The first-order valence-corrected chi connectivity index (χ1v) is 9.09. The van der Waals surface area contributed by atoms with Gasteiger partial charge in [0.2, 0.25) is 0 Å². The van der Waals surface area contributed by atoms with Crippen LogP contribution in [0.4, 0.5) is 0 Å². The summed E-state index contributed by atoms with van der Waals surface area (Å²) in [5.41, 5.74) is 2.00. The molecule has 2 aromatic rings. The largest absolute Gasteiger partial charge is 0.507 e. The number of phenolic OH excluding ortho intramolecular Hbond substituents is 1. The summed E-state index contributed by atoms with van der Waals surface area (Å²) in [4.78, 5) is 25.0. The average Bonchev–Trinajstić information content (AvgIpc) is 2.61. The molecule has 0 aromatic heterocycles. The first kappa shape index (κ1) is 22.1. The summed E-state index contributed by atoms with van der Waals surface area (Å²) in [7, 11) is 3.00. The van der Waals surface area contributed by atoms with Crippen LogP contribution in [0.15, 0.2) is 18.2 Å². The molecule has 0 unspecified atom stereocenters. The van der Waals surface area contributed by atoms with Crippen LogP contribution < -0.4 is 14.2 Å². The van der Waals surface area contributed by atoms with E-state index in [-0.39, 0.29) is 28.7 Å². The summed E-state index contributed by atoms with van der Waals surface area (Å²) in [6.45, 7) is 8.57. The van der Waals surface area contributed by atoms with Crippen molar-refractivity contribution < 1.29 is 33.6 Å². The molecule has 0 spiro atoms. The monoisotopic (exact) mass is 402 g/mol. The number of benzene rings is 2. The second-order valence-corrected chi connectivity index (χ2v) is 6.91. The molecule has 0 fully saturated rings. The number of hydrogen-bond acceptors (Lipinski definition) is 7. The van der Waals surface area contributed by atoms with Gasteiger partial charge in [-0.2, -0.15) is 0 Å². The molecule has 2 rings (SSSR count). The van der Waals surface area contributed by atoms with Gasteiger partial charge in [-0.1, -0.05) is 0 Å². The molecule has 156 valence electrons. The lowest BCUT2D eigenvalue weighted by Gasteiger charge is -2.17. The molecule has 0 aliphatic rings. The normalized spacial score (nSPS) is 10.6. The molecule has 0 amide bonds. The number of aryl methyl sites for hydroxylation is 2. The number of carbonyl (C=O) groups excluding carboxylic acids is 2. The number of carbonyl (C=O) groups is 2. The molecule has 29 heavy (non-hydrogen) atoms. The van der Waals surface area contributed by atoms with E-state index in [0.717, 1.165) is 0 Å². The zero-order valence-electron chi connectivity index (χ0n) is 17.7. The Morgan fingerprint density at radius 3 is 2.03 bits per heavy atom. The van der Waals surface area contributed by atoms with Crippen molar-refractivity contribution in [1.29, 1.82) is 0 Å². The maximum Gasteiger partial charge on any atom is 0.347 e. The number of rotatable bonds is 6. The highest BCUT2D eigenvalue weighted by molar-refractivity contribution is 5.97. The lowest BCUT2D eigenvalue weighted by atomic mass is 10.0. The molecule has 7 heteroatoms. The molecular weight excluding hydrogens is 376 g/mol. The number of ether oxygens (including phenoxy) is 4. The van der Waals surface area contributed by atoms with Gasteiger partial charge < -0.3 is 24.1 Å². The van der Waals surface area contributed by atoms with Gasteiger partial charge in [-0.25, -0.2) is 9.59 Å². The predicted molar refractivity (Wildman–Crippen MR) is 107 cm³/mol. The van der Waals surface area contributed by atoms with Crippen LogP contribution in [0.2, 0.25) is 0 Å². The summed E-state index contributed by atoms with van der Waals surface area (Å²) < 4.78 is 21.3. The van der Waals surface area contributed by atoms with Crippen molar-refractivity contribution in [3.8, 4) is 23.0 Å². The van der Waals surface area contributed by atoms with E-state index in [1.807, 2.05) is 0 Å². The summed E-state index contributed by atoms with van der Waals surface area (Å²) in [6, 6.07) is 4.43. The molecule has 0 aliphatic heterocycles. The fourth-order valence-corrected chi connectivity index (χ4v) is 3.07. The van der Waals surface area contributed by atoms with Crippen LogP contribution in [0.5, 0.6) is 23.0 Å². The molecule has 0 heterocycles. The Bertz CT molecular complexity index is 922. The van der Waals surface area contributed by atoms with E-state index >= 15 is 0 Å². The molecule has 1 N–H and O–H groups in total. The smallest absolute Gasteiger partial charge is 0.347 e. The minimum absolute atomic E-state index is 0.0348. The van der Waals surface area contributed by atoms with Crippen LogP contribution in [-0.2, 0) is 4.74 Å². The minimum atomic E-state index is -0.651. The number of aromatic hydroxyl groups is 1. The topological polar surface area (TPSA) is 91.3 Å². The lowest BCUT2D eigenvalue weighted by Crippen LogP contribution is -2.15. The quantitative estimate of drug-likeness (QED) is 0.574. The SMILES string of the molecule is COc1cc(C)c(C(=O)Oc2cc(C)c(C(=O)OC(C)C)c(O)c2)c(OC)c1C. The van der Waals surface area contributed by atoms with Gasteiger partial charge in [0.25, 0.3) is 0 Å². The van der Waals surface area contributed by atoms with Gasteiger partial charge in [0.15, 0.2) is 0 Å². The molecule has 0 bridgehead atoms. The lowest BCUT2D eigenvalue weighted by molar-refractivity contribution is 0.0374. The maximum atomic E-state index is 12.8. The molecule has 0 saturated heterocycles. The fourth-order valence-electron chi connectivity index (χ4n) is 3.07. The summed E-state index contributed by atoms with van der Waals surface area (Å²) in [5, 5.41) is 10.3. The van der Waals surface area contributed by atoms with Crippen molar-refractivity contribution in [2.24, 2.45) is 0 Å². The third-order valence-corrected chi connectivity index (χ3v) is 4.35. The van der Waals surface area contributed by atoms with Crippen LogP contribution in [0.3, 0.4) is 0 Å². The number of methoxy groups -OCH3 is 2. The predicted octanol–water partition coefficient (Wildman–Crippen LogP) is 4.12. The van der Waals surface area contributed by atoms with Gasteiger partial charge >= 0.3 is 11.9 Å². The molecule has 0 saturated carbocycles. The highest BCUT2D eigenvalue weighted by Crippen LogP contribution is 2.35. The molecule has 2 aromatic carbocycles. The van der Waals surface area contributed by atoms with Crippen molar-refractivity contribution in [3.63, 3.8) is 0 Å². The second-order valence-electron chi connectivity index (χ2n) is 6.91. The third-order valence-electron chi connectivity index (χ3n) is 4.35. The van der Waals surface area contributed by atoms with E-state index in [9.17, 15) is 14.7 Å². The van der Waals surface area contributed by atoms with Gasteiger partial charge in [0.05, 0.1) is 20.3 Å². The van der Waals surface area contributed by atoms with Gasteiger partial charge in [0, 0.05) is 11.6 Å². The van der Waals surface area contributed by atoms with Crippen LogP contribution >= 0.6 is 0 Å². The van der Waals surface area contributed by atoms with Crippen molar-refractivity contribution in [2.75, 3.05) is 14.2 Å². The minimum Gasteiger partial charge on any atom is -0.507 e.